The molecule has 1 atom stereocenters. The summed E-state index contributed by atoms with van der Waals surface area (Å²) in [5.41, 5.74) is 0. The van der Waals surface area contributed by atoms with Gasteiger partial charge in [0.1, 0.15) is 12.7 Å². The molecule has 70 valence electrons. The number of hydrogen-bond donors (Lipinski definition) is 0. The summed E-state index contributed by atoms with van der Waals surface area (Å²) in [6.07, 6.45) is 0.332. The van der Waals surface area contributed by atoms with Crippen molar-refractivity contribution in [3.05, 3.63) is 0 Å². The fourth-order valence-corrected chi connectivity index (χ4v) is 0.680. The topological polar surface area (TPSA) is 52.6 Å². The van der Waals surface area contributed by atoms with E-state index in [2.05, 4.69) is 4.74 Å². The van der Waals surface area contributed by atoms with Crippen molar-refractivity contribution in [2.24, 2.45) is 0 Å². The fraction of sp³-hybridized carbons (Fsp3) is 0.750. The molecular formula is C8H14O4. The lowest BCUT2D eigenvalue weighted by atomic mass is 10.3. The first kappa shape index (κ1) is 10.9. The Morgan fingerprint density at radius 2 is 1.83 bits per heavy atom. The smallest absolute Gasteiger partial charge is 0.303 e. The lowest BCUT2D eigenvalue weighted by molar-refractivity contribution is -0.156. The molecule has 12 heavy (non-hydrogen) atoms. The Labute approximate surface area is 71.8 Å². The van der Waals surface area contributed by atoms with Gasteiger partial charge in [-0.25, -0.2) is 0 Å². The van der Waals surface area contributed by atoms with E-state index in [1.807, 2.05) is 6.92 Å². The Bertz CT molecular complexity index is 164. The minimum absolute atomic E-state index is 0.144. The van der Waals surface area contributed by atoms with Crippen molar-refractivity contribution in [2.45, 2.75) is 33.3 Å². The Kier molecular flexibility index (Phi) is 5.08. The van der Waals surface area contributed by atoms with Gasteiger partial charge in [0, 0.05) is 13.8 Å². The van der Waals surface area contributed by atoms with Crippen LogP contribution >= 0.6 is 0 Å². The molecule has 0 fully saturated rings. The van der Waals surface area contributed by atoms with E-state index in [0.29, 0.717) is 6.42 Å². The first-order valence-corrected chi connectivity index (χ1v) is 3.86. The van der Waals surface area contributed by atoms with Crippen LogP contribution in [0.5, 0.6) is 0 Å². The van der Waals surface area contributed by atoms with Gasteiger partial charge in [-0.05, 0) is 6.42 Å². The van der Waals surface area contributed by atoms with Crippen LogP contribution in [0.1, 0.15) is 27.2 Å². The molecule has 0 aliphatic heterocycles. The summed E-state index contributed by atoms with van der Waals surface area (Å²) in [6, 6.07) is 0. The van der Waals surface area contributed by atoms with Crippen LogP contribution < -0.4 is 0 Å². The third-order valence-electron chi connectivity index (χ3n) is 1.26. The van der Waals surface area contributed by atoms with Crippen molar-refractivity contribution >= 4 is 11.9 Å². The molecule has 4 nitrogen and oxygen atoms in total. The van der Waals surface area contributed by atoms with Crippen LogP contribution in [0.2, 0.25) is 0 Å². The van der Waals surface area contributed by atoms with Crippen LogP contribution in [0.3, 0.4) is 0 Å². The van der Waals surface area contributed by atoms with Gasteiger partial charge in [-0.15, -0.1) is 0 Å². The van der Waals surface area contributed by atoms with Crippen LogP contribution in [0.4, 0.5) is 0 Å². The van der Waals surface area contributed by atoms with Gasteiger partial charge in [0.2, 0.25) is 0 Å². The molecule has 0 aliphatic rings. The highest BCUT2D eigenvalue weighted by Crippen LogP contribution is 1.99. The van der Waals surface area contributed by atoms with Crippen LogP contribution in [-0.4, -0.2) is 24.6 Å². The molecular weight excluding hydrogens is 160 g/mol. The molecule has 0 saturated carbocycles. The standard InChI is InChI=1S/C8H14O4/c1-4-8(12-7(3)10)5-11-6(2)9/h8H,4-5H2,1-3H3/t8-/m1/s1. The predicted octanol–water partition coefficient (Wildman–Crippen LogP) is 0.891. The molecule has 0 radical (unpaired) electrons. The third kappa shape index (κ3) is 5.70. The van der Waals surface area contributed by atoms with Gasteiger partial charge >= 0.3 is 11.9 Å². The van der Waals surface area contributed by atoms with Crippen molar-refractivity contribution < 1.29 is 19.1 Å². The average molecular weight is 174 g/mol. The van der Waals surface area contributed by atoms with E-state index in [4.69, 9.17) is 4.74 Å². The number of rotatable bonds is 4. The maximum Gasteiger partial charge on any atom is 0.303 e. The molecule has 4 heteroatoms. The summed E-state index contributed by atoms with van der Waals surface area (Å²) in [7, 11) is 0. The molecule has 0 heterocycles. The minimum Gasteiger partial charge on any atom is -0.462 e. The van der Waals surface area contributed by atoms with Crippen molar-refractivity contribution in [1.29, 1.82) is 0 Å². The molecule has 0 spiro atoms. The van der Waals surface area contributed by atoms with Crippen molar-refractivity contribution in [3.63, 3.8) is 0 Å². The molecule has 0 aromatic heterocycles. The van der Waals surface area contributed by atoms with E-state index < -0.39 is 0 Å². The van der Waals surface area contributed by atoms with E-state index >= 15 is 0 Å². The van der Waals surface area contributed by atoms with Gasteiger partial charge in [-0.2, -0.15) is 0 Å². The second-order valence-electron chi connectivity index (χ2n) is 2.44. The Hall–Kier alpha value is -1.06. The van der Waals surface area contributed by atoms with Crippen LogP contribution in [-0.2, 0) is 19.1 Å². The summed E-state index contributed by atoms with van der Waals surface area (Å²) in [5, 5.41) is 0. The van der Waals surface area contributed by atoms with Crippen LogP contribution in [0.25, 0.3) is 0 Å². The number of hydrogen-bond acceptors (Lipinski definition) is 4. The molecule has 0 saturated heterocycles. The number of esters is 2. The number of carbonyl (C=O) groups excluding carboxylic acids is 2. The Balaban J connectivity index is 3.67. The summed E-state index contributed by atoms with van der Waals surface area (Å²) in [4.78, 5) is 20.9. The second-order valence-corrected chi connectivity index (χ2v) is 2.44. The number of carbonyl (C=O) groups is 2. The number of ether oxygens (including phenoxy) is 2. The highest BCUT2D eigenvalue weighted by atomic mass is 16.6. The van der Waals surface area contributed by atoms with Gasteiger partial charge in [-0.1, -0.05) is 6.92 Å². The van der Waals surface area contributed by atoms with Gasteiger partial charge in [-0.3, -0.25) is 9.59 Å². The maximum absolute atomic E-state index is 10.5. The quantitative estimate of drug-likeness (QED) is 0.594. The Morgan fingerprint density at radius 3 is 2.17 bits per heavy atom. The molecule has 0 aromatic rings. The van der Waals surface area contributed by atoms with Crippen LogP contribution in [0, 0.1) is 0 Å². The maximum atomic E-state index is 10.5. The SMILES string of the molecule is CC[C@H](COC(C)=O)OC(C)=O. The molecule has 0 aliphatic carbocycles. The first-order chi connectivity index (χ1) is 5.56. The molecule has 0 bridgehead atoms. The molecule has 0 amide bonds. The lowest BCUT2D eigenvalue weighted by Gasteiger charge is -2.13. The molecule has 0 N–H and O–H groups in total. The molecule has 0 aromatic carbocycles. The van der Waals surface area contributed by atoms with Gasteiger partial charge in [0.05, 0.1) is 0 Å². The van der Waals surface area contributed by atoms with Crippen LogP contribution in [0.15, 0.2) is 0 Å². The monoisotopic (exact) mass is 174 g/mol. The van der Waals surface area contributed by atoms with E-state index in [1.54, 1.807) is 0 Å². The highest BCUT2D eigenvalue weighted by Gasteiger charge is 2.10. The average Bonchev–Trinajstić information content (AvgIpc) is 1.97. The summed E-state index contributed by atoms with van der Waals surface area (Å²) < 4.78 is 9.51. The van der Waals surface area contributed by atoms with Crippen molar-refractivity contribution in [2.75, 3.05) is 6.61 Å². The van der Waals surface area contributed by atoms with Gasteiger partial charge in [0.15, 0.2) is 0 Å². The highest BCUT2D eigenvalue weighted by molar-refractivity contribution is 5.67. The van der Waals surface area contributed by atoms with E-state index in [1.165, 1.54) is 13.8 Å². The van der Waals surface area contributed by atoms with E-state index in [0.717, 1.165) is 0 Å². The fourth-order valence-electron chi connectivity index (χ4n) is 0.680. The van der Waals surface area contributed by atoms with Crippen molar-refractivity contribution in [3.8, 4) is 0 Å². The molecule has 0 unspecified atom stereocenters. The van der Waals surface area contributed by atoms with Gasteiger partial charge in [0.25, 0.3) is 0 Å². The zero-order valence-corrected chi connectivity index (χ0v) is 7.62. The van der Waals surface area contributed by atoms with Gasteiger partial charge < -0.3 is 9.47 Å². The van der Waals surface area contributed by atoms with E-state index in [9.17, 15) is 9.59 Å². The zero-order valence-electron chi connectivity index (χ0n) is 7.62. The molecule has 0 rings (SSSR count). The third-order valence-corrected chi connectivity index (χ3v) is 1.26. The summed E-state index contributed by atoms with van der Waals surface area (Å²) >= 11 is 0. The largest absolute Gasteiger partial charge is 0.462 e. The first-order valence-electron chi connectivity index (χ1n) is 3.86. The van der Waals surface area contributed by atoms with Crippen molar-refractivity contribution in [1.82, 2.24) is 0 Å². The normalized spacial score (nSPS) is 11.9. The lowest BCUT2D eigenvalue weighted by Crippen LogP contribution is -2.22. The minimum atomic E-state index is -0.361. The zero-order chi connectivity index (χ0) is 9.56. The predicted molar refractivity (Wildman–Crippen MR) is 42.5 cm³/mol. The second kappa shape index (κ2) is 5.57. The Morgan fingerprint density at radius 1 is 1.25 bits per heavy atom. The summed E-state index contributed by atoms with van der Waals surface area (Å²) in [5.74, 6) is -0.713. The van der Waals surface area contributed by atoms with E-state index in [-0.39, 0.29) is 24.6 Å². The summed E-state index contributed by atoms with van der Waals surface area (Å²) in [6.45, 7) is 4.65.